The second-order valence-corrected chi connectivity index (χ2v) is 15.8. The van der Waals surface area contributed by atoms with Crippen molar-refractivity contribution in [2.24, 2.45) is 5.41 Å². The zero-order valence-electron chi connectivity index (χ0n) is 29.7. The molecule has 0 bridgehead atoms. The number of benzene rings is 1. The van der Waals surface area contributed by atoms with Crippen molar-refractivity contribution in [2.75, 3.05) is 24.5 Å². The van der Waals surface area contributed by atoms with E-state index in [0.717, 1.165) is 71.7 Å². The Morgan fingerprint density at radius 3 is 2.13 bits per heavy atom. The van der Waals surface area contributed by atoms with Gasteiger partial charge in [-0.25, -0.2) is 9.59 Å². The predicted octanol–water partition coefficient (Wildman–Crippen LogP) is 8.09. The molecule has 2 aliphatic rings. The van der Waals surface area contributed by atoms with Crippen LogP contribution in [0.2, 0.25) is 0 Å². The van der Waals surface area contributed by atoms with E-state index in [0.29, 0.717) is 13.1 Å². The number of carbonyl (C=O) groups is 2. The van der Waals surface area contributed by atoms with Gasteiger partial charge < -0.3 is 24.0 Å². The molecule has 0 saturated carbocycles. The molecule has 4 rings (SSSR count). The molecule has 0 N–H and O–H groups in total. The normalized spacial score (nSPS) is 17.6. The second-order valence-electron chi connectivity index (χ2n) is 15.8. The molecule has 1 aromatic heterocycles. The first-order valence-electron chi connectivity index (χ1n) is 16.5. The van der Waals surface area contributed by atoms with E-state index >= 15 is 0 Å². The first kappa shape index (κ1) is 34.7. The highest BCUT2D eigenvalue weighted by atomic mass is 16.6. The molecule has 1 fully saturated rings. The molecule has 1 amide bonds. The molecular weight excluding hydrogens is 566 g/mol. The lowest BCUT2D eigenvalue weighted by atomic mass is 9.81. The molecule has 1 aromatic carbocycles. The van der Waals surface area contributed by atoms with Crippen molar-refractivity contribution in [1.29, 1.82) is 0 Å². The van der Waals surface area contributed by atoms with Gasteiger partial charge in [-0.05, 0) is 111 Å². The van der Waals surface area contributed by atoms with Crippen LogP contribution in [0.5, 0.6) is 0 Å². The van der Waals surface area contributed by atoms with E-state index in [1.807, 2.05) is 62.3 Å². The largest absolute Gasteiger partial charge is 0.461 e. The smallest absolute Gasteiger partial charge is 0.410 e. The van der Waals surface area contributed by atoms with Crippen LogP contribution in [-0.2, 0) is 32.0 Å². The minimum atomic E-state index is -0.927. The fourth-order valence-electron chi connectivity index (χ4n) is 6.23. The lowest BCUT2D eigenvalue weighted by Crippen LogP contribution is -2.40. The number of hydrogen-bond acceptors (Lipinski definition) is 7. The number of ether oxygens (including phenoxy) is 3. The number of piperidine rings is 1. The van der Waals surface area contributed by atoms with E-state index in [1.165, 1.54) is 5.56 Å². The minimum Gasteiger partial charge on any atom is -0.461 e. The topological polar surface area (TPSA) is 81.2 Å². The third kappa shape index (κ3) is 8.57. The predicted molar refractivity (Wildman–Crippen MR) is 180 cm³/mol. The fraction of sp³-hybridized carbons (Fsp3) is 0.649. The van der Waals surface area contributed by atoms with Crippen LogP contribution in [-0.4, -0.2) is 58.9 Å². The SMILES string of the molecule is Cc1nc(C)c([C@H](OC(C)(C)C)C(=O)OC(C)C)c(N2CCC(C)(C)CC2)c1-c1ccc2c(c1)CCN(C(=O)OC(C)(C)C)C2. The molecule has 248 valence electrons. The molecule has 1 saturated heterocycles. The van der Waals surface area contributed by atoms with Crippen molar-refractivity contribution in [3.8, 4) is 11.1 Å². The summed E-state index contributed by atoms with van der Waals surface area (Å²) in [6.45, 7) is 26.8. The minimum absolute atomic E-state index is 0.248. The standard InChI is InChI=1S/C37H55N3O5/c1-23(2)43-33(41)32(44-35(5,6)7)30-25(4)38-24(3)29(31(30)39-19-16-37(11,12)17-20-39)27-13-14-28-22-40(18-15-26(28)21-27)34(42)45-36(8,9)10/h13-14,21,23,32H,15-20,22H2,1-12H3/t32-/m0/s1. The Morgan fingerprint density at radius 2 is 1.56 bits per heavy atom. The lowest BCUT2D eigenvalue weighted by molar-refractivity contribution is -0.171. The molecule has 8 heteroatoms. The van der Waals surface area contributed by atoms with E-state index in [2.05, 4.69) is 43.9 Å². The molecule has 3 heterocycles. The van der Waals surface area contributed by atoms with Crippen LogP contribution in [0, 0.1) is 19.3 Å². The van der Waals surface area contributed by atoms with Gasteiger partial charge in [0.2, 0.25) is 0 Å². The van der Waals surface area contributed by atoms with Gasteiger partial charge in [0, 0.05) is 48.7 Å². The number of aromatic nitrogens is 1. The Kier molecular flexibility index (Phi) is 9.99. The Morgan fingerprint density at radius 1 is 0.911 bits per heavy atom. The van der Waals surface area contributed by atoms with Crippen molar-refractivity contribution in [3.63, 3.8) is 0 Å². The zero-order chi connectivity index (χ0) is 33.5. The average molecular weight is 622 g/mol. The van der Waals surface area contributed by atoms with Crippen molar-refractivity contribution >= 4 is 17.7 Å². The van der Waals surface area contributed by atoms with Gasteiger partial charge in [0.25, 0.3) is 0 Å². The number of hydrogen-bond donors (Lipinski definition) is 0. The van der Waals surface area contributed by atoms with Crippen molar-refractivity contribution < 1.29 is 23.8 Å². The molecule has 1 atom stereocenters. The molecular formula is C37H55N3O5. The Bertz CT molecular complexity index is 1410. The molecule has 2 aliphatic heterocycles. The molecule has 2 aromatic rings. The monoisotopic (exact) mass is 621 g/mol. The van der Waals surface area contributed by atoms with Gasteiger partial charge in [0.15, 0.2) is 6.10 Å². The number of carbonyl (C=O) groups excluding carboxylic acids is 2. The molecule has 0 aliphatic carbocycles. The van der Waals surface area contributed by atoms with Crippen molar-refractivity contribution in [2.45, 2.75) is 132 Å². The second kappa shape index (κ2) is 12.9. The third-order valence-corrected chi connectivity index (χ3v) is 8.47. The van der Waals surface area contributed by atoms with Crippen LogP contribution in [0.3, 0.4) is 0 Å². The number of aryl methyl sites for hydroxylation is 2. The molecule has 0 unspecified atom stereocenters. The van der Waals surface area contributed by atoms with Gasteiger partial charge in [0.05, 0.1) is 17.4 Å². The Balaban J connectivity index is 1.86. The highest BCUT2D eigenvalue weighted by molar-refractivity contribution is 5.88. The van der Waals surface area contributed by atoms with Crippen LogP contribution in [0.25, 0.3) is 11.1 Å². The summed E-state index contributed by atoms with van der Waals surface area (Å²) >= 11 is 0. The maximum absolute atomic E-state index is 13.8. The summed E-state index contributed by atoms with van der Waals surface area (Å²) in [6, 6.07) is 6.50. The number of pyridine rings is 1. The molecule has 8 nitrogen and oxygen atoms in total. The molecule has 0 spiro atoms. The Hall–Kier alpha value is -3.13. The summed E-state index contributed by atoms with van der Waals surface area (Å²) in [6.07, 6.45) is 1.33. The van der Waals surface area contributed by atoms with Crippen LogP contribution >= 0.6 is 0 Å². The summed E-state index contributed by atoms with van der Waals surface area (Å²) in [5, 5.41) is 0. The highest BCUT2D eigenvalue weighted by Gasteiger charge is 2.38. The number of anilines is 1. The number of rotatable bonds is 6. The summed E-state index contributed by atoms with van der Waals surface area (Å²) in [7, 11) is 0. The summed E-state index contributed by atoms with van der Waals surface area (Å²) in [5.74, 6) is -0.397. The number of nitrogens with zero attached hydrogens (tertiary/aromatic N) is 3. The van der Waals surface area contributed by atoms with Gasteiger partial charge in [-0.15, -0.1) is 0 Å². The van der Waals surface area contributed by atoms with Crippen molar-refractivity contribution in [3.05, 3.63) is 46.3 Å². The van der Waals surface area contributed by atoms with Gasteiger partial charge in [-0.3, -0.25) is 4.98 Å². The maximum Gasteiger partial charge on any atom is 0.410 e. The number of esters is 1. The molecule has 45 heavy (non-hydrogen) atoms. The first-order valence-corrected chi connectivity index (χ1v) is 16.5. The van der Waals surface area contributed by atoms with E-state index in [1.54, 1.807) is 4.90 Å². The number of amides is 1. The van der Waals surface area contributed by atoms with Gasteiger partial charge in [-0.1, -0.05) is 32.0 Å². The van der Waals surface area contributed by atoms with Gasteiger partial charge >= 0.3 is 12.1 Å². The fourth-order valence-corrected chi connectivity index (χ4v) is 6.23. The van der Waals surface area contributed by atoms with Crippen molar-refractivity contribution in [1.82, 2.24) is 9.88 Å². The quantitative estimate of drug-likeness (QED) is 0.302. The van der Waals surface area contributed by atoms with Gasteiger partial charge in [-0.2, -0.15) is 0 Å². The zero-order valence-corrected chi connectivity index (χ0v) is 29.7. The van der Waals surface area contributed by atoms with E-state index in [9.17, 15) is 9.59 Å². The average Bonchev–Trinajstić information content (AvgIpc) is 2.89. The maximum atomic E-state index is 13.8. The third-order valence-electron chi connectivity index (χ3n) is 8.47. The molecule has 0 radical (unpaired) electrons. The highest BCUT2D eigenvalue weighted by Crippen LogP contribution is 2.45. The summed E-state index contributed by atoms with van der Waals surface area (Å²) < 4.78 is 18.0. The summed E-state index contributed by atoms with van der Waals surface area (Å²) in [4.78, 5) is 35.9. The van der Waals surface area contributed by atoms with E-state index < -0.39 is 23.3 Å². The first-order chi connectivity index (χ1) is 20.7. The Labute approximate surface area is 270 Å². The van der Waals surface area contributed by atoms with Gasteiger partial charge in [0.1, 0.15) is 5.60 Å². The van der Waals surface area contributed by atoms with Crippen LogP contribution in [0.1, 0.15) is 116 Å². The van der Waals surface area contributed by atoms with Crippen LogP contribution in [0.4, 0.5) is 10.5 Å². The number of fused-ring (bicyclic) bond motifs is 1. The van der Waals surface area contributed by atoms with Crippen LogP contribution in [0.15, 0.2) is 18.2 Å². The van der Waals surface area contributed by atoms with E-state index in [-0.39, 0.29) is 17.6 Å². The summed E-state index contributed by atoms with van der Waals surface area (Å²) in [5.41, 5.74) is 7.00. The lowest BCUT2D eigenvalue weighted by Gasteiger charge is -2.41. The van der Waals surface area contributed by atoms with E-state index in [4.69, 9.17) is 19.2 Å². The van der Waals surface area contributed by atoms with Crippen LogP contribution < -0.4 is 4.90 Å².